The van der Waals surface area contributed by atoms with E-state index in [0.717, 1.165) is 5.56 Å². The Bertz CT molecular complexity index is 616. The van der Waals surface area contributed by atoms with E-state index >= 15 is 0 Å². The van der Waals surface area contributed by atoms with Gasteiger partial charge in [0, 0.05) is 25.1 Å². The van der Waals surface area contributed by atoms with Crippen LogP contribution < -0.4 is 0 Å². The van der Waals surface area contributed by atoms with Gasteiger partial charge < -0.3 is 9.64 Å². The van der Waals surface area contributed by atoms with E-state index in [1.807, 2.05) is 12.1 Å². The van der Waals surface area contributed by atoms with Crippen molar-refractivity contribution in [2.75, 3.05) is 19.7 Å². The molecule has 1 aliphatic heterocycles. The van der Waals surface area contributed by atoms with Crippen molar-refractivity contribution < 1.29 is 9.53 Å². The third-order valence-electron chi connectivity index (χ3n) is 3.40. The van der Waals surface area contributed by atoms with Crippen molar-refractivity contribution >= 4 is 17.5 Å². The van der Waals surface area contributed by atoms with Crippen molar-refractivity contribution in [3.63, 3.8) is 0 Å². The lowest BCUT2D eigenvalue weighted by atomic mass is 10.1. The summed E-state index contributed by atoms with van der Waals surface area (Å²) in [5.41, 5.74) is 1.03. The number of carbonyl (C=O) groups excluding carboxylic acids is 1. The van der Waals surface area contributed by atoms with Crippen LogP contribution in [0.15, 0.2) is 36.9 Å². The highest BCUT2D eigenvalue weighted by Gasteiger charge is 2.25. The lowest BCUT2D eigenvalue weighted by molar-refractivity contribution is -0.139. The Hall–Kier alpha value is -1.92. The molecule has 1 unspecified atom stereocenters. The monoisotopic (exact) mass is 306 g/mol. The van der Waals surface area contributed by atoms with Gasteiger partial charge in [0.15, 0.2) is 0 Å². The number of aromatic nitrogens is 3. The number of rotatable bonds is 3. The first-order valence-electron chi connectivity index (χ1n) is 6.69. The minimum absolute atomic E-state index is 0.0112. The maximum Gasteiger partial charge on any atom is 0.244 e. The van der Waals surface area contributed by atoms with Crippen molar-refractivity contribution in [1.82, 2.24) is 19.7 Å². The van der Waals surface area contributed by atoms with Crippen LogP contribution in [0, 0.1) is 0 Å². The van der Waals surface area contributed by atoms with Crippen molar-refractivity contribution in [2.45, 2.75) is 12.6 Å². The zero-order valence-corrected chi connectivity index (χ0v) is 12.1. The van der Waals surface area contributed by atoms with E-state index in [2.05, 4.69) is 10.1 Å². The molecular formula is C14H15ClN4O2. The van der Waals surface area contributed by atoms with Gasteiger partial charge in [-0.1, -0.05) is 11.6 Å². The Morgan fingerprint density at radius 1 is 1.43 bits per heavy atom. The normalized spacial score (nSPS) is 18.7. The average molecular weight is 307 g/mol. The molecule has 1 atom stereocenters. The summed E-state index contributed by atoms with van der Waals surface area (Å²) >= 11 is 5.80. The summed E-state index contributed by atoms with van der Waals surface area (Å²) in [6, 6.07) is 3.82. The smallest absolute Gasteiger partial charge is 0.244 e. The molecule has 1 amide bonds. The third-order valence-corrected chi connectivity index (χ3v) is 3.59. The van der Waals surface area contributed by atoms with Gasteiger partial charge in [-0.3, -0.25) is 14.5 Å². The first-order chi connectivity index (χ1) is 10.2. The summed E-state index contributed by atoms with van der Waals surface area (Å²) in [6.45, 7) is 1.85. The van der Waals surface area contributed by atoms with Crippen LogP contribution in [0.3, 0.4) is 0 Å². The van der Waals surface area contributed by atoms with Crippen molar-refractivity contribution in [3.05, 3.63) is 47.5 Å². The SMILES string of the molecule is O=C(Cn1cc(Cl)cn1)N1CCOC(c2ccncc2)C1. The van der Waals surface area contributed by atoms with Crippen LogP contribution in [-0.2, 0) is 16.1 Å². The second-order valence-electron chi connectivity index (χ2n) is 4.84. The summed E-state index contributed by atoms with van der Waals surface area (Å²) < 4.78 is 7.28. The number of amides is 1. The highest BCUT2D eigenvalue weighted by Crippen LogP contribution is 2.21. The highest BCUT2D eigenvalue weighted by atomic mass is 35.5. The van der Waals surface area contributed by atoms with Crippen LogP contribution in [0.25, 0.3) is 0 Å². The molecule has 2 aromatic rings. The number of carbonyl (C=O) groups is 1. The molecule has 3 heterocycles. The van der Waals surface area contributed by atoms with Gasteiger partial charge in [0.05, 0.1) is 24.4 Å². The van der Waals surface area contributed by atoms with Crippen molar-refractivity contribution in [3.8, 4) is 0 Å². The van der Waals surface area contributed by atoms with Gasteiger partial charge in [-0.05, 0) is 17.7 Å². The average Bonchev–Trinajstić information content (AvgIpc) is 2.93. The van der Waals surface area contributed by atoms with Gasteiger partial charge in [0.2, 0.25) is 5.91 Å². The maximum atomic E-state index is 12.3. The van der Waals surface area contributed by atoms with Crippen LogP contribution in [-0.4, -0.2) is 45.3 Å². The predicted molar refractivity (Wildman–Crippen MR) is 76.7 cm³/mol. The fraction of sp³-hybridized carbons (Fsp3) is 0.357. The van der Waals surface area contributed by atoms with E-state index in [9.17, 15) is 4.79 Å². The molecule has 1 aliphatic rings. The lowest BCUT2D eigenvalue weighted by Gasteiger charge is -2.33. The lowest BCUT2D eigenvalue weighted by Crippen LogP contribution is -2.43. The molecule has 0 spiro atoms. The summed E-state index contributed by atoms with van der Waals surface area (Å²) in [6.07, 6.45) is 6.51. The van der Waals surface area contributed by atoms with Gasteiger partial charge in [-0.25, -0.2) is 0 Å². The summed E-state index contributed by atoms with van der Waals surface area (Å²) in [5, 5.41) is 4.55. The van der Waals surface area contributed by atoms with Crippen LogP contribution in [0.2, 0.25) is 5.02 Å². The number of nitrogens with zero attached hydrogens (tertiary/aromatic N) is 4. The summed E-state index contributed by atoms with van der Waals surface area (Å²) in [4.78, 5) is 18.1. The van der Waals surface area contributed by atoms with Crippen molar-refractivity contribution in [2.24, 2.45) is 0 Å². The van der Waals surface area contributed by atoms with Gasteiger partial charge in [0.1, 0.15) is 12.6 Å². The molecular weight excluding hydrogens is 292 g/mol. The Labute approximate surface area is 127 Å². The number of hydrogen-bond donors (Lipinski definition) is 0. The van der Waals surface area contributed by atoms with Crippen LogP contribution in [0.1, 0.15) is 11.7 Å². The fourth-order valence-electron chi connectivity index (χ4n) is 2.32. The minimum atomic E-state index is -0.105. The molecule has 7 heteroatoms. The zero-order chi connectivity index (χ0) is 14.7. The van der Waals surface area contributed by atoms with Crippen LogP contribution >= 0.6 is 11.6 Å². The molecule has 110 valence electrons. The number of hydrogen-bond acceptors (Lipinski definition) is 4. The van der Waals surface area contributed by atoms with E-state index < -0.39 is 0 Å². The van der Waals surface area contributed by atoms with E-state index in [1.165, 1.54) is 6.20 Å². The Morgan fingerprint density at radius 2 is 2.24 bits per heavy atom. The highest BCUT2D eigenvalue weighted by molar-refractivity contribution is 6.30. The predicted octanol–water partition coefficient (Wildman–Crippen LogP) is 1.53. The maximum absolute atomic E-state index is 12.3. The molecule has 2 aromatic heterocycles. The number of morpholine rings is 1. The van der Waals surface area contributed by atoms with Gasteiger partial charge in [0.25, 0.3) is 0 Å². The molecule has 1 saturated heterocycles. The minimum Gasteiger partial charge on any atom is -0.370 e. The Kier molecular flexibility index (Phi) is 4.17. The van der Waals surface area contributed by atoms with E-state index in [1.54, 1.807) is 28.2 Å². The summed E-state index contributed by atoms with van der Waals surface area (Å²) in [5.74, 6) is 0.0112. The van der Waals surface area contributed by atoms with E-state index in [-0.39, 0.29) is 18.6 Å². The number of halogens is 1. The van der Waals surface area contributed by atoms with E-state index in [4.69, 9.17) is 16.3 Å². The molecule has 6 nitrogen and oxygen atoms in total. The number of ether oxygens (including phenoxy) is 1. The van der Waals surface area contributed by atoms with Crippen LogP contribution in [0.4, 0.5) is 0 Å². The van der Waals surface area contributed by atoms with Crippen molar-refractivity contribution in [1.29, 1.82) is 0 Å². The molecule has 0 aromatic carbocycles. The molecule has 0 radical (unpaired) electrons. The quantitative estimate of drug-likeness (QED) is 0.863. The summed E-state index contributed by atoms with van der Waals surface area (Å²) in [7, 11) is 0. The molecule has 21 heavy (non-hydrogen) atoms. The molecule has 0 aliphatic carbocycles. The fourth-order valence-corrected chi connectivity index (χ4v) is 2.48. The molecule has 3 rings (SSSR count). The Balaban J connectivity index is 1.64. The topological polar surface area (TPSA) is 60.2 Å². The van der Waals surface area contributed by atoms with E-state index in [0.29, 0.717) is 24.7 Å². The largest absolute Gasteiger partial charge is 0.370 e. The molecule has 0 N–H and O–H groups in total. The second-order valence-corrected chi connectivity index (χ2v) is 5.27. The molecule has 1 fully saturated rings. The Morgan fingerprint density at radius 3 is 2.95 bits per heavy atom. The number of pyridine rings is 1. The molecule has 0 saturated carbocycles. The standard InChI is InChI=1S/C14H15ClN4O2/c15-12-7-17-19(8-12)10-14(20)18-5-6-21-13(9-18)11-1-3-16-4-2-11/h1-4,7-8,13H,5-6,9-10H2. The van der Waals surface area contributed by atoms with Gasteiger partial charge >= 0.3 is 0 Å². The first-order valence-corrected chi connectivity index (χ1v) is 7.07. The molecule has 0 bridgehead atoms. The third kappa shape index (κ3) is 3.40. The zero-order valence-electron chi connectivity index (χ0n) is 11.4. The first kappa shape index (κ1) is 14.0. The van der Waals surface area contributed by atoms with Gasteiger partial charge in [-0.2, -0.15) is 5.10 Å². The second kappa shape index (κ2) is 6.24. The van der Waals surface area contributed by atoms with Gasteiger partial charge in [-0.15, -0.1) is 0 Å². The van der Waals surface area contributed by atoms with Crippen LogP contribution in [0.5, 0.6) is 0 Å².